The maximum atomic E-state index is 12.6. The third-order valence-corrected chi connectivity index (χ3v) is 4.72. The van der Waals surface area contributed by atoms with Gasteiger partial charge in [0.15, 0.2) is 0 Å². The van der Waals surface area contributed by atoms with Crippen molar-refractivity contribution in [3.05, 3.63) is 63.5 Å². The molecule has 5 heteroatoms. The Morgan fingerprint density at radius 2 is 2.17 bits per heavy atom. The number of aromatic nitrogens is 1. The average Bonchev–Trinajstić information content (AvgIpc) is 2.99. The Hall–Kier alpha value is -2.53. The molecule has 1 amide bonds. The Morgan fingerprint density at radius 1 is 1.33 bits per heavy atom. The van der Waals surface area contributed by atoms with E-state index in [1.165, 1.54) is 0 Å². The number of fused-ring (bicyclic) bond motifs is 1. The van der Waals surface area contributed by atoms with Crippen LogP contribution in [-0.4, -0.2) is 17.1 Å². The van der Waals surface area contributed by atoms with Gasteiger partial charge >= 0.3 is 0 Å². The Morgan fingerprint density at radius 3 is 2.92 bits per heavy atom. The van der Waals surface area contributed by atoms with E-state index >= 15 is 0 Å². The number of nitrogens with one attached hydrogen (secondary N) is 1. The van der Waals surface area contributed by atoms with Crippen LogP contribution in [0.25, 0.3) is 10.9 Å². The number of benzene rings is 1. The molecule has 2 aromatic heterocycles. The zero-order chi connectivity index (χ0) is 16.9. The lowest BCUT2D eigenvalue weighted by atomic mass is 10.1. The normalized spacial score (nSPS) is 11.2. The van der Waals surface area contributed by atoms with Gasteiger partial charge < -0.3 is 0 Å². The Balaban J connectivity index is 1.88. The smallest absolute Gasteiger partial charge is 0.267 e. The van der Waals surface area contributed by atoms with Crippen molar-refractivity contribution in [2.45, 2.75) is 26.7 Å². The number of hydrazone groups is 1. The highest BCUT2D eigenvalue weighted by Crippen LogP contribution is 2.19. The molecule has 0 aliphatic heterocycles. The highest BCUT2D eigenvalue weighted by atomic mass is 32.1. The molecule has 0 fully saturated rings. The number of thiophene rings is 1. The molecule has 2 heterocycles. The van der Waals surface area contributed by atoms with Gasteiger partial charge in [-0.25, -0.2) is 5.43 Å². The van der Waals surface area contributed by atoms with Crippen LogP contribution < -0.4 is 5.43 Å². The van der Waals surface area contributed by atoms with E-state index < -0.39 is 0 Å². The number of rotatable bonds is 5. The van der Waals surface area contributed by atoms with Gasteiger partial charge in [0.25, 0.3) is 5.91 Å². The standard InChI is InChI=1S/C19H19N3OS/c1-3-6-14-11-16(15-7-4-5-8-17(15)21-14)19(23)22-20-12-18-13(2)9-10-24-18/h4-5,7-12H,3,6H2,1-2H3,(H,22,23)/b20-12+. The van der Waals surface area contributed by atoms with E-state index in [9.17, 15) is 4.79 Å². The monoisotopic (exact) mass is 337 g/mol. The lowest BCUT2D eigenvalue weighted by molar-refractivity contribution is 0.0956. The first-order valence-corrected chi connectivity index (χ1v) is 8.83. The van der Waals surface area contributed by atoms with Crippen LogP contribution in [0.15, 0.2) is 46.9 Å². The van der Waals surface area contributed by atoms with Gasteiger partial charge in [0, 0.05) is 16.0 Å². The SMILES string of the molecule is CCCc1cc(C(=O)N/N=C/c2sccc2C)c2ccccc2n1. The van der Waals surface area contributed by atoms with Crippen LogP contribution >= 0.6 is 11.3 Å². The number of carbonyl (C=O) groups excluding carboxylic acids is 1. The average molecular weight is 337 g/mol. The van der Waals surface area contributed by atoms with Gasteiger partial charge in [-0.3, -0.25) is 9.78 Å². The van der Waals surface area contributed by atoms with Crippen molar-refractivity contribution in [1.82, 2.24) is 10.4 Å². The van der Waals surface area contributed by atoms with Gasteiger partial charge in [-0.2, -0.15) is 5.10 Å². The van der Waals surface area contributed by atoms with Crippen LogP contribution in [0.5, 0.6) is 0 Å². The van der Waals surface area contributed by atoms with E-state index in [4.69, 9.17) is 0 Å². The summed E-state index contributed by atoms with van der Waals surface area (Å²) in [5, 5.41) is 6.95. The summed E-state index contributed by atoms with van der Waals surface area (Å²) in [6, 6.07) is 11.6. The topological polar surface area (TPSA) is 54.4 Å². The quantitative estimate of drug-likeness (QED) is 0.557. The molecule has 0 spiro atoms. The number of hydrogen-bond acceptors (Lipinski definition) is 4. The molecule has 1 aromatic carbocycles. The van der Waals surface area contributed by atoms with Gasteiger partial charge in [-0.1, -0.05) is 31.5 Å². The summed E-state index contributed by atoms with van der Waals surface area (Å²) in [5.41, 5.74) is 6.17. The molecule has 0 saturated heterocycles. The van der Waals surface area contributed by atoms with Crippen molar-refractivity contribution in [2.24, 2.45) is 5.10 Å². The van der Waals surface area contributed by atoms with Crippen LogP contribution in [0, 0.1) is 6.92 Å². The van der Waals surface area contributed by atoms with Crippen molar-refractivity contribution in [3.8, 4) is 0 Å². The van der Waals surface area contributed by atoms with E-state index in [2.05, 4.69) is 22.4 Å². The van der Waals surface area contributed by atoms with Crippen molar-refractivity contribution >= 4 is 34.4 Å². The first-order valence-electron chi connectivity index (χ1n) is 7.95. The molecule has 4 nitrogen and oxygen atoms in total. The highest BCUT2D eigenvalue weighted by molar-refractivity contribution is 7.11. The molecule has 0 unspecified atom stereocenters. The second-order valence-electron chi connectivity index (χ2n) is 5.60. The second kappa shape index (κ2) is 7.36. The van der Waals surface area contributed by atoms with Crippen LogP contribution in [0.1, 0.15) is 39.8 Å². The van der Waals surface area contributed by atoms with E-state index in [0.717, 1.165) is 39.9 Å². The fraction of sp³-hybridized carbons (Fsp3) is 0.211. The van der Waals surface area contributed by atoms with Crippen molar-refractivity contribution in [1.29, 1.82) is 0 Å². The van der Waals surface area contributed by atoms with Gasteiger partial charge in [0.2, 0.25) is 0 Å². The summed E-state index contributed by atoms with van der Waals surface area (Å²) >= 11 is 1.60. The second-order valence-corrected chi connectivity index (χ2v) is 6.54. The molecule has 1 N–H and O–H groups in total. The molecular weight excluding hydrogens is 318 g/mol. The first kappa shape index (κ1) is 16.3. The van der Waals surface area contributed by atoms with Crippen LogP contribution in [-0.2, 0) is 6.42 Å². The fourth-order valence-corrected chi connectivity index (χ4v) is 3.32. The van der Waals surface area contributed by atoms with Crippen molar-refractivity contribution < 1.29 is 4.79 Å². The first-order chi connectivity index (χ1) is 11.7. The number of nitrogens with zero attached hydrogens (tertiary/aromatic N) is 2. The summed E-state index contributed by atoms with van der Waals surface area (Å²) < 4.78 is 0. The van der Waals surface area contributed by atoms with E-state index in [1.807, 2.05) is 48.7 Å². The minimum atomic E-state index is -0.212. The minimum absolute atomic E-state index is 0.212. The van der Waals surface area contributed by atoms with Crippen LogP contribution in [0.3, 0.4) is 0 Å². The molecule has 0 aliphatic rings. The molecule has 0 atom stereocenters. The Kier molecular flexibility index (Phi) is 5.01. The maximum Gasteiger partial charge on any atom is 0.272 e. The van der Waals surface area contributed by atoms with Crippen LogP contribution in [0.4, 0.5) is 0 Å². The summed E-state index contributed by atoms with van der Waals surface area (Å²) in [7, 11) is 0. The lowest BCUT2D eigenvalue weighted by Crippen LogP contribution is -2.18. The number of hydrogen-bond donors (Lipinski definition) is 1. The van der Waals surface area contributed by atoms with Crippen molar-refractivity contribution in [3.63, 3.8) is 0 Å². The summed E-state index contributed by atoms with van der Waals surface area (Å²) in [6.45, 7) is 4.12. The van der Waals surface area contributed by atoms with Crippen LogP contribution in [0.2, 0.25) is 0 Å². The Labute approximate surface area is 145 Å². The molecule has 0 bridgehead atoms. The van der Waals surface area contributed by atoms with E-state index in [0.29, 0.717) is 5.56 Å². The third kappa shape index (κ3) is 3.51. The predicted octanol–water partition coefficient (Wildman–Crippen LogP) is 4.32. The summed E-state index contributed by atoms with van der Waals surface area (Å²) in [5.74, 6) is -0.212. The largest absolute Gasteiger partial charge is 0.272 e. The molecule has 24 heavy (non-hydrogen) atoms. The zero-order valence-electron chi connectivity index (χ0n) is 13.7. The number of pyridine rings is 1. The molecule has 0 radical (unpaired) electrons. The summed E-state index contributed by atoms with van der Waals surface area (Å²) in [4.78, 5) is 18.2. The number of amides is 1. The van der Waals surface area contributed by atoms with Gasteiger partial charge in [-0.15, -0.1) is 11.3 Å². The number of aryl methyl sites for hydroxylation is 2. The maximum absolute atomic E-state index is 12.6. The molecule has 3 rings (SSSR count). The fourth-order valence-electron chi connectivity index (χ4n) is 2.53. The minimum Gasteiger partial charge on any atom is -0.267 e. The lowest BCUT2D eigenvalue weighted by Gasteiger charge is -2.08. The number of para-hydroxylation sites is 1. The zero-order valence-corrected chi connectivity index (χ0v) is 14.6. The molecule has 0 aliphatic carbocycles. The molecule has 0 saturated carbocycles. The highest BCUT2D eigenvalue weighted by Gasteiger charge is 2.12. The van der Waals surface area contributed by atoms with Gasteiger partial charge in [0.05, 0.1) is 17.3 Å². The summed E-state index contributed by atoms with van der Waals surface area (Å²) in [6.07, 6.45) is 3.53. The van der Waals surface area contributed by atoms with Crippen molar-refractivity contribution in [2.75, 3.05) is 0 Å². The predicted molar refractivity (Wildman–Crippen MR) is 99.9 cm³/mol. The molecular formula is C19H19N3OS. The molecule has 3 aromatic rings. The van der Waals surface area contributed by atoms with Gasteiger partial charge in [0.1, 0.15) is 0 Å². The van der Waals surface area contributed by atoms with E-state index in [1.54, 1.807) is 17.6 Å². The third-order valence-electron chi connectivity index (χ3n) is 3.77. The molecule has 122 valence electrons. The Bertz CT molecular complexity index is 899. The number of carbonyl (C=O) groups is 1. The van der Waals surface area contributed by atoms with E-state index in [-0.39, 0.29) is 5.91 Å². The van der Waals surface area contributed by atoms with Gasteiger partial charge in [-0.05, 0) is 42.5 Å².